The lowest BCUT2D eigenvalue weighted by atomic mass is 10.1. The first-order valence-electron chi connectivity index (χ1n) is 10.7. The molecule has 0 saturated carbocycles. The zero-order valence-electron chi connectivity index (χ0n) is 17.9. The average Bonchev–Trinajstić information content (AvgIpc) is 3.40. The smallest absolute Gasteiger partial charge is 0.263 e. The van der Waals surface area contributed by atoms with E-state index in [1.807, 2.05) is 37.3 Å². The van der Waals surface area contributed by atoms with E-state index in [1.165, 1.54) is 11.8 Å². The number of thiophene rings is 1. The molecule has 1 N–H and O–H groups in total. The second-order valence-electron chi connectivity index (χ2n) is 7.70. The number of hydrogen-bond acceptors (Lipinski definition) is 7. The molecule has 6 nitrogen and oxygen atoms in total. The first-order valence-corrected chi connectivity index (χ1v) is 12.5. The highest BCUT2D eigenvalue weighted by atomic mass is 32.2. The number of ether oxygens (including phenoxy) is 2. The van der Waals surface area contributed by atoms with Crippen LogP contribution in [0.15, 0.2) is 40.3 Å². The average molecular weight is 461 g/mol. The van der Waals surface area contributed by atoms with Gasteiger partial charge in [-0.1, -0.05) is 36.9 Å². The Labute approximate surface area is 190 Å². The van der Waals surface area contributed by atoms with E-state index in [0.717, 1.165) is 52.3 Å². The van der Waals surface area contributed by atoms with Gasteiger partial charge in [-0.25, -0.2) is 4.98 Å². The Morgan fingerprint density at radius 2 is 2.19 bits per heavy atom. The van der Waals surface area contributed by atoms with Crippen LogP contribution in [0.2, 0.25) is 0 Å². The largest absolute Gasteiger partial charge is 0.491 e. The van der Waals surface area contributed by atoms with Crippen molar-refractivity contribution in [1.29, 1.82) is 0 Å². The first kappa shape index (κ1) is 22.3. The molecule has 0 bridgehead atoms. The number of nitrogens with zero attached hydrogens (tertiary/aromatic N) is 2. The van der Waals surface area contributed by atoms with Gasteiger partial charge in [0.2, 0.25) is 0 Å². The van der Waals surface area contributed by atoms with Gasteiger partial charge in [-0.3, -0.25) is 9.36 Å². The van der Waals surface area contributed by atoms with Crippen molar-refractivity contribution in [2.24, 2.45) is 0 Å². The quantitative estimate of drug-likeness (QED) is 0.384. The lowest BCUT2D eigenvalue weighted by Gasteiger charge is -2.17. The van der Waals surface area contributed by atoms with Crippen LogP contribution in [0.4, 0.5) is 0 Å². The number of thioether (sulfide) groups is 1. The van der Waals surface area contributed by atoms with E-state index >= 15 is 0 Å². The molecule has 31 heavy (non-hydrogen) atoms. The summed E-state index contributed by atoms with van der Waals surface area (Å²) in [6, 6.07) is 9.43. The molecule has 3 aromatic rings. The van der Waals surface area contributed by atoms with Crippen molar-refractivity contribution in [3.05, 3.63) is 51.1 Å². The van der Waals surface area contributed by atoms with E-state index in [2.05, 4.69) is 6.92 Å². The predicted octanol–water partition coefficient (Wildman–Crippen LogP) is 4.04. The highest BCUT2D eigenvalue weighted by Crippen LogP contribution is 2.30. The standard InChI is InChI=1S/C23H28N2O4S2/c1-3-19-15(2)31-21-20(19)22(27)25(12-18-10-7-11-28-18)23(24-21)30-14-16(26)13-29-17-8-5-4-6-9-17/h4-6,8-9,16,18,26H,3,7,10-14H2,1-2H3/t16-,18+/m1/s1. The van der Waals surface area contributed by atoms with E-state index in [9.17, 15) is 9.90 Å². The van der Waals surface area contributed by atoms with Gasteiger partial charge in [-0.05, 0) is 43.9 Å². The molecule has 2 aromatic heterocycles. The molecule has 0 aliphatic carbocycles. The van der Waals surface area contributed by atoms with Crippen LogP contribution in [-0.4, -0.2) is 45.8 Å². The van der Waals surface area contributed by atoms with E-state index in [0.29, 0.717) is 17.5 Å². The van der Waals surface area contributed by atoms with Crippen molar-refractivity contribution in [3.8, 4) is 5.75 Å². The Kier molecular flexibility index (Phi) is 7.32. The number of aliphatic hydroxyl groups excluding tert-OH is 1. The third-order valence-electron chi connectivity index (χ3n) is 5.43. The van der Waals surface area contributed by atoms with Crippen molar-refractivity contribution < 1.29 is 14.6 Å². The summed E-state index contributed by atoms with van der Waals surface area (Å²) in [6.07, 6.45) is 2.14. The molecule has 4 rings (SSSR count). The van der Waals surface area contributed by atoms with Crippen molar-refractivity contribution >= 4 is 33.3 Å². The number of rotatable bonds is 9. The van der Waals surface area contributed by atoms with Gasteiger partial charge >= 0.3 is 0 Å². The Bertz CT molecular complexity index is 1070. The summed E-state index contributed by atoms with van der Waals surface area (Å²) in [5.74, 6) is 1.11. The molecule has 1 fully saturated rings. The highest BCUT2D eigenvalue weighted by Gasteiger charge is 2.23. The fourth-order valence-electron chi connectivity index (χ4n) is 3.85. The van der Waals surface area contributed by atoms with Crippen LogP contribution < -0.4 is 10.3 Å². The van der Waals surface area contributed by atoms with Crippen molar-refractivity contribution in [2.45, 2.75) is 57.0 Å². The maximum Gasteiger partial charge on any atom is 0.263 e. The van der Waals surface area contributed by atoms with Crippen LogP contribution in [0.25, 0.3) is 10.2 Å². The molecule has 1 aromatic carbocycles. The van der Waals surface area contributed by atoms with Gasteiger partial charge in [-0.2, -0.15) is 0 Å². The lowest BCUT2D eigenvalue weighted by molar-refractivity contribution is 0.0937. The minimum absolute atomic E-state index is 0.000717. The maximum atomic E-state index is 13.5. The number of aryl methyl sites for hydroxylation is 2. The Morgan fingerprint density at radius 1 is 1.39 bits per heavy atom. The van der Waals surface area contributed by atoms with E-state index in [1.54, 1.807) is 15.9 Å². The molecule has 8 heteroatoms. The lowest BCUT2D eigenvalue weighted by Crippen LogP contribution is -2.29. The summed E-state index contributed by atoms with van der Waals surface area (Å²) < 4.78 is 13.2. The number of aromatic nitrogens is 2. The molecule has 1 saturated heterocycles. The second kappa shape index (κ2) is 10.2. The number of para-hydroxylation sites is 1. The van der Waals surface area contributed by atoms with Gasteiger partial charge < -0.3 is 14.6 Å². The summed E-state index contributed by atoms with van der Waals surface area (Å²) in [4.78, 5) is 20.2. The van der Waals surface area contributed by atoms with Crippen molar-refractivity contribution in [1.82, 2.24) is 9.55 Å². The molecule has 0 amide bonds. The monoisotopic (exact) mass is 460 g/mol. The predicted molar refractivity (Wildman–Crippen MR) is 126 cm³/mol. The fraction of sp³-hybridized carbons (Fsp3) is 0.478. The second-order valence-corrected chi connectivity index (χ2v) is 9.89. The van der Waals surface area contributed by atoms with Crippen molar-refractivity contribution in [3.63, 3.8) is 0 Å². The number of fused-ring (bicyclic) bond motifs is 1. The van der Waals surface area contributed by atoms with Gasteiger partial charge in [0, 0.05) is 17.2 Å². The number of benzene rings is 1. The Morgan fingerprint density at radius 3 is 2.90 bits per heavy atom. The zero-order chi connectivity index (χ0) is 21.8. The molecule has 0 unspecified atom stereocenters. The van der Waals surface area contributed by atoms with Crippen LogP contribution >= 0.6 is 23.1 Å². The number of aliphatic hydroxyl groups is 1. The summed E-state index contributed by atoms with van der Waals surface area (Å²) in [5.41, 5.74) is 1.09. The summed E-state index contributed by atoms with van der Waals surface area (Å²) in [7, 11) is 0. The van der Waals surface area contributed by atoms with E-state index < -0.39 is 6.10 Å². The molecule has 3 heterocycles. The molecule has 0 radical (unpaired) electrons. The van der Waals surface area contributed by atoms with Crippen LogP contribution in [0.1, 0.15) is 30.2 Å². The summed E-state index contributed by atoms with van der Waals surface area (Å²) >= 11 is 2.97. The van der Waals surface area contributed by atoms with Gasteiger partial charge in [0.05, 0.1) is 24.1 Å². The third-order valence-corrected chi connectivity index (χ3v) is 7.59. The minimum atomic E-state index is -0.676. The maximum absolute atomic E-state index is 13.5. The molecular formula is C23H28N2O4S2. The number of hydrogen-bond donors (Lipinski definition) is 1. The summed E-state index contributed by atoms with van der Waals surface area (Å²) in [5, 5.41) is 11.8. The molecule has 2 atom stereocenters. The van der Waals surface area contributed by atoms with Crippen LogP contribution in [0.5, 0.6) is 5.75 Å². The van der Waals surface area contributed by atoms with Crippen LogP contribution in [0.3, 0.4) is 0 Å². The van der Waals surface area contributed by atoms with Crippen LogP contribution in [0, 0.1) is 6.92 Å². The topological polar surface area (TPSA) is 73.6 Å². The molecule has 1 aliphatic heterocycles. The zero-order valence-corrected chi connectivity index (χ0v) is 19.5. The van der Waals surface area contributed by atoms with Gasteiger partial charge in [0.15, 0.2) is 5.16 Å². The normalized spacial score (nSPS) is 17.3. The fourth-order valence-corrected chi connectivity index (χ4v) is 5.92. The van der Waals surface area contributed by atoms with Gasteiger partial charge in [0.1, 0.15) is 17.2 Å². The molecule has 1 aliphatic rings. The summed E-state index contributed by atoms with van der Waals surface area (Å²) in [6.45, 7) is 5.55. The minimum Gasteiger partial charge on any atom is -0.491 e. The van der Waals surface area contributed by atoms with E-state index in [4.69, 9.17) is 14.5 Å². The molecule has 0 spiro atoms. The third kappa shape index (κ3) is 5.14. The van der Waals surface area contributed by atoms with Gasteiger partial charge in [0.25, 0.3) is 5.56 Å². The van der Waals surface area contributed by atoms with Crippen LogP contribution in [-0.2, 0) is 17.7 Å². The van der Waals surface area contributed by atoms with Gasteiger partial charge in [-0.15, -0.1) is 11.3 Å². The van der Waals surface area contributed by atoms with Crippen molar-refractivity contribution in [2.75, 3.05) is 19.0 Å². The highest BCUT2D eigenvalue weighted by molar-refractivity contribution is 7.99. The Hall–Kier alpha value is -1.87. The molecular weight excluding hydrogens is 432 g/mol. The first-order chi connectivity index (χ1) is 15.1. The molecule has 166 valence electrons. The van der Waals surface area contributed by atoms with E-state index in [-0.39, 0.29) is 18.3 Å². The SMILES string of the molecule is CCc1c(C)sc2nc(SC[C@H](O)COc3ccccc3)n(C[C@@H]3CCCO3)c(=O)c12. The Balaban J connectivity index is 1.55.